The highest BCUT2D eigenvalue weighted by atomic mass is 19.1. The van der Waals surface area contributed by atoms with E-state index in [2.05, 4.69) is 0 Å². The highest BCUT2D eigenvalue weighted by Gasteiger charge is 2.32. The van der Waals surface area contributed by atoms with Crippen molar-refractivity contribution in [1.82, 2.24) is 0 Å². The molecule has 0 radical (unpaired) electrons. The van der Waals surface area contributed by atoms with Gasteiger partial charge in [0.1, 0.15) is 5.82 Å². The molecule has 2 nitrogen and oxygen atoms in total. The Morgan fingerprint density at radius 2 is 2.08 bits per heavy atom. The van der Waals surface area contributed by atoms with Crippen LogP contribution >= 0.6 is 0 Å². The minimum Gasteiger partial charge on any atom is -0.398 e. The van der Waals surface area contributed by atoms with Crippen LogP contribution in [0.4, 0.5) is 10.1 Å². The number of hydrogen-bond acceptors (Lipinski definition) is 2. The van der Waals surface area contributed by atoms with E-state index in [0.717, 1.165) is 12.8 Å². The van der Waals surface area contributed by atoms with Gasteiger partial charge in [-0.2, -0.15) is 0 Å². The Kier molecular flexibility index (Phi) is 1.96. The van der Waals surface area contributed by atoms with Gasteiger partial charge in [-0.25, -0.2) is 4.39 Å². The van der Waals surface area contributed by atoms with Gasteiger partial charge in [0.15, 0.2) is 0 Å². The Bertz CT molecular complexity index is 300. The van der Waals surface area contributed by atoms with E-state index in [1.807, 2.05) is 0 Å². The molecule has 2 rings (SSSR count). The first-order valence-corrected chi connectivity index (χ1v) is 4.49. The molecule has 1 aromatic carbocycles. The van der Waals surface area contributed by atoms with Gasteiger partial charge in [0.05, 0.1) is 0 Å². The summed E-state index contributed by atoms with van der Waals surface area (Å²) in [5.74, 6) is 0.151. The number of hydrogen-bond donors (Lipinski definition) is 2. The van der Waals surface area contributed by atoms with Gasteiger partial charge in [-0.05, 0) is 30.9 Å². The van der Waals surface area contributed by atoms with E-state index in [-0.39, 0.29) is 11.9 Å². The molecule has 0 aromatic heterocycles. The Morgan fingerprint density at radius 3 is 2.62 bits per heavy atom. The normalized spacial score (nSPS) is 18.6. The second-order valence-corrected chi connectivity index (χ2v) is 3.61. The van der Waals surface area contributed by atoms with Gasteiger partial charge in [-0.3, -0.25) is 0 Å². The molecule has 70 valence electrons. The molecule has 0 spiro atoms. The molecule has 1 saturated carbocycles. The molecule has 0 bridgehead atoms. The van der Waals surface area contributed by atoms with Crippen LogP contribution in [0.1, 0.15) is 24.4 Å². The van der Waals surface area contributed by atoms with E-state index in [4.69, 9.17) is 11.5 Å². The Balaban J connectivity index is 2.36. The molecule has 3 heteroatoms. The fraction of sp³-hybridized carbons (Fsp3) is 0.400. The molecular formula is C10H13FN2. The van der Waals surface area contributed by atoms with E-state index >= 15 is 0 Å². The van der Waals surface area contributed by atoms with Gasteiger partial charge in [0.25, 0.3) is 0 Å². The summed E-state index contributed by atoms with van der Waals surface area (Å²) in [6.07, 6.45) is 2.18. The lowest BCUT2D eigenvalue weighted by atomic mass is 10.0. The van der Waals surface area contributed by atoms with Crippen molar-refractivity contribution in [2.75, 3.05) is 5.73 Å². The second kappa shape index (κ2) is 3.00. The number of nitrogen functional groups attached to an aromatic ring is 1. The molecule has 0 aliphatic heterocycles. The van der Waals surface area contributed by atoms with E-state index in [0.29, 0.717) is 17.2 Å². The first kappa shape index (κ1) is 8.51. The molecule has 0 amide bonds. The maximum atomic E-state index is 13.3. The first-order chi connectivity index (χ1) is 6.20. The van der Waals surface area contributed by atoms with Crippen molar-refractivity contribution >= 4 is 5.69 Å². The standard InChI is InChI=1S/C10H13FN2/c11-7-2-1-3-8(12)9(7)10(13)6-4-5-6/h1-3,6,10H,4-5,12-13H2. The predicted octanol–water partition coefficient (Wildman–Crippen LogP) is 1.82. The van der Waals surface area contributed by atoms with Crippen LogP contribution in [0.15, 0.2) is 18.2 Å². The summed E-state index contributed by atoms with van der Waals surface area (Å²) in [4.78, 5) is 0. The third-order valence-electron chi connectivity index (χ3n) is 2.55. The molecule has 4 N–H and O–H groups in total. The predicted molar refractivity (Wildman–Crippen MR) is 50.5 cm³/mol. The third kappa shape index (κ3) is 1.52. The molecule has 1 aliphatic rings. The summed E-state index contributed by atoms with van der Waals surface area (Å²) in [6, 6.07) is 4.49. The number of benzene rings is 1. The van der Waals surface area contributed by atoms with Crippen molar-refractivity contribution in [2.24, 2.45) is 11.7 Å². The van der Waals surface area contributed by atoms with Crippen LogP contribution in [0.5, 0.6) is 0 Å². The monoisotopic (exact) mass is 180 g/mol. The average Bonchev–Trinajstić information content (AvgIpc) is 2.85. The fourth-order valence-electron chi connectivity index (χ4n) is 1.60. The molecule has 1 fully saturated rings. The van der Waals surface area contributed by atoms with E-state index in [1.165, 1.54) is 6.07 Å². The number of rotatable bonds is 2. The maximum Gasteiger partial charge on any atom is 0.130 e. The van der Waals surface area contributed by atoms with Crippen LogP contribution in [0.2, 0.25) is 0 Å². The summed E-state index contributed by atoms with van der Waals surface area (Å²) in [6.45, 7) is 0. The van der Waals surface area contributed by atoms with Crippen LogP contribution in [0.25, 0.3) is 0 Å². The van der Waals surface area contributed by atoms with Crippen molar-refractivity contribution in [3.8, 4) is 0 Å². The summed E-state index contributed by atoms with van der Waals surface area (Å²) >= 11 is 0. The van der Waals surface area contributed by atoms with Crippen molar-refractivity contribution < 1.29 is 4.39 Å². The van der Waals surface area contributed by atoms with Crippen molar-refractivity contribution in [1.29, 1.82) is 0 Å². The smallest absolute Gasteiger partial charge is 0.130 e. The zero-order valence-electron chi connectivity index (χ0n) is 7.33. The Morgan fingerprint density at radius 1 is 1.38 bits per heavy atom. The molecule has 1 unspecified atom stereocenters. The van der Waals surface area contributed by atoms with E-state index in [1.54, 1.807) is 12.1 Å². The van der Waals surface area contributed by atoms with Gasteiger partial charge in [0.2, 0.25) is 0 Å². The summed E-state index contributed by atoms with van der Waals surface area (Å²) in [7, 11) is 0. The lowest BCUT2D eigenvalue weighted by molar-refractivity contribution is 0.556. The number of halogens is 1. The van der Waals surface area contributed by atoms with E-state index < -0.39 is 0 Å². The minimum absolute atomic E-state index is 0.221. The van der Waals surface area contributed by atoms with Crippen LogP contribution < -0.4 is 11.5 Å². The molecule has 0 saturated heterocycles. The SMILES string of the molecule is Nc1cccc(F)c1C(N)C1CC1. The number of anilines is 1. The largest absolute Gasteiger partial charge is 0.398 e. The molecular weight excluding hydrogens is 167 g/mol. The van der Waals surface area contributed by atoms with Gasteiger partial charge >= 0.3 is 0 Å². The maximum absolute atomic E-state index is 13.3. The summed E-state index contributed by atoms with van der Waals surface area (Å²) in [5, 5.41) is 0. The van der Waals surface area contributed by atoms with Crippen LogP contribution in [-0.2, 0) is 0 Å². The van der Waals surface area contributed by atoms with Crippen molar-refractivity contribution in [3.05, 3.63) is 29.6 Å². The lowest BCUT2D eigenvalue weighted by Gasteiger charge is -2.13. The van der Waals surface area contributed by atoms with Gasteiger partial charge in [0, 0.05) is 17.3 Å². The highest BCUT2D eigenvalue weighted by molar-refractivity contribution is 5.49. The fourth-order valence-corrected chi connectivity index (χ4v) is 1.60. The quantitative estimate of drug-likeness (QED) is 0.682. The van der Waals surface area contributed by atoms with E-state index in [9.17, 15) is 4.39 Å². The van der Waals surface area contributed by atoms with Gasteiger partial charge in [-0.1, -0.05) is 6.07 Å². The Labute approximate surface area is 76.7 Å². The van der Waals surface area contributed by atoms with Crippen LogP contribution in [-0.4, -0.2) is 0 Å². The van der Waals surface area contributed by atoms with Crippen molar-refractivity contribution in [2.45, 2.75) is 18.9 Å². The number of nitrogens with two attached hydrogens (primary N) is 2. The molecule has 1 aliphatic carbocycles. The molecule has 1 aromatic rings. The average molecular weight is 180 g/mol. The molecule has 1 atom stereocenters. The molecule has 13 heavy (non-hydrogen) atoms. The topological polar surface area (TPSA) is 52.0 Å². The van der Waals surface area contributed by atoms with Crippen LogP contribution in [0, 0.1) is 11.7 Å². The van der Waals surface area contributed by atoms with Crippen LogP contribution in [0.3, 0.4) is 0 Å². The summed E-state index contributed by atoms with van der Waals surface area (Å²) in [5.41, 5.74) is 12.5. The minimum atomic E-state index is -0.278. The highest BCUT2D eigenvalue weighted by Crippen LogP contribution is 2.41. The first-order valence-electron chi connectivity index (χ1n) is 4.49. The molecule has 0 heterocycles. The second-order valence-electron chi connectivity index (χ2n) is 3.61. The van der Waals surface area contributed by atoms with Gasteiger partial charge in [-0.15, -0.1) is 0 Å². The Hall–Kier alpha value is -1.09. The zero-order valence-corrected chi connectivity index (χ0v) is 7.33. The lowest BCUT2D eigenvalue weighted by Crippen LogP contribution is -2.16. The van der Waals surface area contributed by atoms with Crippen molar-refractivity contribution in [3.63, 3.8) is 0 Å². The van der Waals surface area contributed by atoms with Gasteiger partial charge < -0.3 is 11.5 Å². The third-order valence-corrected chi connectivity index (χ3v) is 2.55. The zero-order chi connectivity index (χ0) is 9.42. The summed E-state index contributed by atoms with van der Waals surface area (Å²) < 4.78 is 13.3.